The van der Waals surface area contributed by atoms with Gasteiger partial charge in [0.05, 0.1) is 10.7 Å². The zero-order valence-corrected chi connectivity index (χ0v) is 11.1. The van der Waals surface area contributed by atoms with Gasteiger partial charge in [0.15, 0.2) is 0 Å². The SMILES string of the molecule is CCC(N)(CC)CNC(=O)c1occc1Br. The summed E-state index contributed by atoms with van der Waals surface area (Å²) in [6.45, 7) is 4.48. The second-order valence-corrected chi connectivity index (χ2v) is 4.70. The van der Waals surface area contributed by atoms with E-state index in [1.54, 1.807) is 6.07 Å². The van der Waals surface area contributed by atoms with Gasteiger partial charge in [0.1, 0.15) is 0 Å². The smallest absolute Gasteiger partial charge is 0.288 e. The standard InChI is InChI=1S/C11H17BrN2O2/c1-3-11(13,4-2)7-14-10(15)9-8(12)5-6-16-9/h5-6H,3-4,7,13H2,1-2H3,(H,14,15). The van der Waals surface area contributed by atoms with Crippen LogP contribution in [0.4, 0.5) is 0 Å². The van der Waals surface area contributed by atoms with Gasteiger partial charge >= 0.3 is 0 Å². The van der Waals surface area contributed by atoms with Gasteiger partial charge < -0.3 is 15.5 Å². The van der Waals surface area contributed by atoms with E-state index >= 15 is 0 Å². The molecule has 16 heavy (non-hydrogen) atoms. The summed E-state index contributed by atoms with van der Waals surface area (Å²) in [6, 6.07) is 1.68. The summed E-state index contributed by atoms with van der Waals surface area (Å²) < 4.78 is 5.71. The summed E-state index contributed by atoms with van der Waals surface area (Å²) in [5.41, 5.74) is 5.74. The Morgan fingerprint density at radius 3 is 2.62 bits per heavy atom. The van der Waals surface area contributed by atoms with E-state index in [0.717, 1.165) is 12.8 Å². The molecular formula is C11H17BrN2O2. The van der Waals surface area contributed by atoms with Crippen LogP contribution in [0, 0.1) is 0 Å². The normalized spacial score (nSPS) is 11.5. The van der Waals surface area contributed by atoms with Gasteiger partial charge in [0.25, 0.3) is 5.91 Å². The van der Waals surface area contributed by atoms with Crippen molar-refractivity contribution in [1.29, 1.82) is 0 Å². The van der Waals surface area contributed by atoms with E-state index in [0.29, 0.717) is 11.0 Å². The molecule has 0 spiro atoms. The van der Waals surface area contributed by atoms with E-state index in [4.69, 9.17) is 10.2 Å². The highest BCUT2D eigenvalue weighted by Crippen LogP contribution is 2.17. The highest BCUT2D eigenvalue weighted by atomic mass is 79.9. The molecule has 1 aromatic heterocycles. The first-order chi connectivity index (χ1) is 7.52. The van der Waals surface area contributed by atoms with E-state index < -0.39 is 0 Å². The summed E-state index contributed by atoms with van der Waals surface area (Å²) in [6.07, 6.45) is 3.11. The van der Waals surface area contributed by atoms with Crippen molar-refractivity contribution >= 4 is 21.8 Å². The number of rotatable bonds is 5. The number of furan rings is 1. The second-order valence-electron chi connectivity index (χ2n) is 3.85. The quantitative estimate of drug-likeness (QED) is 0.873. The van der Waals surface area contributed by atoms with Crippen molar-refractivity contribution in [2.75, 3.05) is 6.54 Å². The minimum atomic E-state index is -0.339. The molecule has 1 aromatic rings. The molecule has 0 fully saturated rings. The molecule has 0 bridgehead atoms. The van der Waals surface area contributed by atoms with Crippen molar-refractivity contribution in [3.8, 4) is 0 Å². The highest BCUT2D eigenvalue weighted by Gasteiger charge is 2.22. The maximum absolute atomic E-state index is 11.7. The van der Waals surface area contributed by atoms with Crippen molar-refractivity contribution in [1.82, 2.24) is 5.32 Å². The minimum Gasteiger partial charge on any atom is -0.458 e. The summed E-state index contributed by atoms with van der Waals surface area (Å²) >= 11 is 3.24. The Hall–Kier alpha value is -0.810. The van der Waals surface area contributed by atoms with Gasteiger partial charge in [-0.3, -0.25) is 4.79 Å². The van der Waals surface area contributed by atoms with Crippen LogP contribution in [0.5, 0.6) is 0 Å². The van der Waals surface area contributed by atoms with Gasteiger partial charge in [-0.15, -0.1) is 0 Å². The van der Waals surface area contributed by atoms with Gasteiger partial charge in [0.2, 0.25) is 5.76 Å². The molecular weight excluding hydrogens is 272 g/mol. The Bertz CT molecular complexity index is 359. The van der Waals surface area contributed by atoms with Crippen molar-refractivity contribution < 1.29 is 9.21 Å². The first kappa shape index (κ1) is 13.3. The van der Waals surface area contributed by atoms with Crippen LogP contribution < -0.4 is 11.1 Å². The summed E-state index contributed by atoms with van der Waals surface area (Å²) in [4.78, 5) is 11.7. The maximum Gasteiger partial charge on any atom is 0.288 e. The van der Waals surface area contributed by atoms with Crippen molar-refractivity contribution in [3.63, 3.8) is 0 Å². The molecule has 0 aliphatic carbocycles. The van der Waals surface area contributed by atoms with Crippen LogP contribution in [0.1, 0.15) is 37.2 Å². The zero-order chi connectivity index (χ0) is 12.2. The largest absolute Gasteiger partial charge is 0.458 e. The molecule has 0 aliphatic rings. The maximum atomic E-state index is 11.7. The van der Waals surface area contributed by atoms with Crippen molar-refractivity contribution in [2.24, 2.45) is 5.73 Å². The number of carbonyl (C=O) groups excluding carboxylic acids is 1. The average molecular weight is 289 g/mol. The fourth-order valence-electron chi connectivity index (χ4n) is 1.29. The lowest BCUT2D eigenvalue weighted by Crippen LogP contribution is -2.49. The molecule has 5 heteroatoms. The van der Waals surface area contributed by atoms with E-state index in [-0.39, 0.29) is 17.2 Å². The topological polar surface area (TPSA) is 68.3 Å². The van der Waals surface area contributed by atoms with E-state index in [1.807, 2.05) is 13.8 Å². The number of carbonyl (C=O) groups is 1. The fourth-order valence-corrected chi connectivity index (χ4v) is 1.67. The third kappa shape index (κ3) is 3.09. The lowest BCUT2D eigenvalue weighted by atomic mass is 9.94. The molecule has 0 aromatic carbocycles. The number of halogens is 1. The summed E-state index contributed by atoms with van der Waals surface area (Å²) in [5.74, 6) is 0.0446. The number of nitrogens with one attached hydrogen (secondary N) is 1. The van der Waals surface area contributed by atoms with Crippen LogP contribution >= 0.6 is 15.9 Å². The Morgan fingerprint density at radius 1 is 1.56 bits per heavy atom. The van der Waals surface area contributed by atoms with E-state index in [1.165, 1.54) is 6.26 Å². The number of hydrogen-bond donors (Lipinski definition) is 2. The molecule has 0 aliphatic heterocycles. The van der Waals surface area contributed by atoms with Crippen LogP contribution in [0.2, 0.25) is 0 Å². The van der Waals surface area contributed by atoms with Gasteiger partial charge in [-0.25, -0.2) is 0 Å². The molecule has 0 atom stereocenters. The second kappa shape index (κ2) is 5.50. The zero-order valence-electron chi connectivity index (χ0n) is 9.55. The third-order valence-electron chi connectivity index (χ3n) is 2.83. The first-order valence-corrected chi connectivity index (χ1v) is 6.12. The van der Waals surface area contributed by atoms with Crippen LogP contribution in [0.3, 0.4) is 0 Å². The third-order valence-corrected chi connectivity index (χ3v) is 3.46. The molecule has 0 saturated heterocycles. The molecule has 1 heterocycles. The molecule has 0 radical (unpaired) electrons. The number of nitrogens with two attached hydrogens (primary N) is 1. The van der Waals surface area contributed by atoms with Gasteiger partial charge in [-0.05, 0) is 34.8 Å². The lowest BCUT2D eigenvalue weighted by molar-refractivity contribution is 0.0913. The van der Waals surface area contributed by atoms with E-state index in [2.05, 4.69) is 21.2 Å². The van der Waals surface area contributed by atoms with Gasteiger partial charge in [-0.2, -0.15) is 0 Å². The Kier molecular flexibility index (Phi) is 4.56. The van der Waals surface area contributed by atoms with Crippen molar-refractivity contribution in [2.45, 2.75) is 32.2 Å². The number of amides is 1. The van der Waals surface area contributed by atoms with E-state index in [9.17, 15) is 4.79 Å². The molecule has 90 valence electrons. The molecule has 1 rings (SSSR count). The van der Waals surface area contributed by atoms with Crippen molar-refractivity contribution in [3.05, 3.63) is 22.6 Å². The Morgan fingerprint density at radius 2 is 2.19 bits per heavy atom. The monoisotopic (exact) mass is 288 g/mol. The Balaban J connectivity index is 2.57. The van der Waals surface area contributed by atoms with Crippen LogP contribution in [0.25, 0.3) is 0 Å². The van der Waals surface area contributed by atoms with Crippen LogP contribution in [-0.2, 0) is 0 Å². The molecule has 3 N–H and O–H groups in total. The first-order valence-electron chi connectivity index (χ1n) is 5.32. The van der Waals surface area contributed by atoms with Gasteiger partial charge in [0, 0.05) is 12.1 Å². The summed E-state index contributed by atoms with van der Waals surface area (Å²) in [5, 5.41) is 2.78. The summed E-state index contributed by atoms with van der Waals surface area (Å²) in [7, 11) is 0. The Labute approximate surface area is 104 Å². The number of hydrogen-bond acceptors (Lipinski definition) is 3. The minimum absolute atomic E-state index is 0.242. The molecule has 0 saturated carbocycles. The predicted octanol–water partition coefficient (Wildman–Crippen LogP) is 2.29. The molecule has 4 nitrogen and oxygen atoms in total. The average Bonchev–Trinajstić information content (AvgIpc) is 2.72. The fraction of sp³-hybridized carbons (Fsp3) is 0.545. The highest BCUT2D eigenvalue weighted by molar-refractivity contribution is 9.10. The molecule has 1 amide bonds. The lowest BCUT2D eigenvalue weighted by Gasteiger charge is -2.26. The molecule has 0 unspecified atom stereocenters. The van der Waals surface area contributed by atoms with Crippen LogP contribution in [0.15, 0.2) is 21.2 Å². The van der Waals surface area contributed by atoms with Gasteiger partial charge in [-0.1, -0.05) is 13.8 Å². The predicted molar refractivity (Wildman–Crippen MR) is 66.2 cm³/mol. The van der Waals surface area contributed by atoms with Crippen LogP contribution in [-0.4, -0.2) is 18.0 Å².